The van der Waals surface area contributed by atoms with Gasteiger partial charge in [0.1, 0.15) is 11.2 Å². The van der Waals surface area contributed by atoms with Gasteiger partial charge in [-0.25, -0.2) is 0 Å². The summed E-state index contributed by atoms with van der Waals surface area (Å²) in [6, 6.07) is 4.85. The van der Waals surface area contributed by atoms with Gasteiger partial charge in [0.25, 0.3) is 0 Å². The molecule has 160 valence electrons. The Labute approximate surface area is 174 Å². The van der Waals surface area contributed by atoms with Crippen molar-refractivity contribution in [3.8, 4) is 23.0 Å². The molecule has 0 radical (unpaired) electrons. The van der Waals surface area contributed by atoms with Crippen molar-refractivity contribution in [2.24, 2.45) is 0 Å². The molecule has 0 saturated heterocycles. The number of ether oxygens (including phenoxy) is 4. The molecule has 0 aliphatic carbocycles. The Morgan fingerprint density at radius 2 is 0.871 bits per heavy atom. The van der Waals surface area contributed by atoms with Gasteiger partial charge in [0, 0.05) is 39.8 Å². The van der Waals surface area contributed by atoms with Gasteiger partial charge >= 0.3 is 23.9 Å². The molecule has 0 atom stereocenters. The molecule has 0 saturated carbocycles. The summed E-state index contributed by atoms with van der Waals surface area (Å²) in [6.45, 7) is 4.60. The van der Waals surface area contributed by atoms with E-state index in [-0.39, 0.29) is 44.9 Å². The van der Waals surface area contributed by atoms with E-state index in [1.165, 1.54) is 24.3 Å². The third-order valence-electron chi connectivity index (χ3n) is 3.82. The normalized spacial score (nSPS) is 10.6. The van der Waals surface area contributed by atoms with Crippen LogP contribution in [0.3, 0.4) is 0 Å². The molecule has 2 aromatic carbocycles. The highest BCUT2D eigenvalue weighted by molar-refractivity contribution is 5.94. The highest BCUT2D eigenvalue weighted by Gasteiger charge is 2.20. The molecular formula is C21H16O10. The Morgan fingerprint density at radius 3 is 1.16 bits per heavy atom. The molecule has 0 spiro atoms. The summed E-state index contributed by atoms with van der Waals surface area (Å²) < 4.78 is 25.9. The average Bonchev–Trinajstić information content (AvgIpc) is 2.62. The SMILES string of the molecule is CC(=O)Oc1cc2oc3cc(OC(C)=O)c(OC(C)=O)cc3c(=O)c2cc1OC(C)=O. The van der Waals surface area contributed by atoms with Crippen LogP contribution < -0.4 is 24.4 Å². The second-order valence-corrected chi connectivity index (χ2v) is 6.40. The summed E-state index contributed by atoms with van der Waals surface area (Å²) in [5.41, 5.74) is -0.529. The number of hydrogen-bond donors (Lipinski definition) is 0. The van der Waals surface area contributed by atoms with E-state index in [9.17, 15) is 24.0 Å². The first-order valence-corrected chi connectivity index (χ1v) is 8.87. The first kappa shape index (κ1) is 21.5. The van der Waals surface area contributed by atoms with Gasteiger partial charge < -0.3 is 23.4 Å². The average molecular weight is 428 g/mol. The Morgan fingerprint density at radius 1 is 0.581 bits per heavy atom. The Kier molecular flexibility index (Phi) is 5.73. The summed E-state index contributed by atoms with van der Waals surface area (Å²) in [5, 5.41) is 0.0160. The number of fused-ring (bicyclic) bond motifs is 2. The first-order chi connectivity index (χ1) is 14.5. The molecule has 0 fully saturated rings. The predicted molar refractivity (Wildman–Crippen MR) is 105 cm³/mol. The van der Waals surface area contributed by atoms with Gasteiger partial charge in [0.15, 0.2) is 23.0 Å². The molecule has 0 amide bonds. The standard InChI is InChI=1S/C21H16O10/c1-9(22)27-17-5-13-15(7-19(17)29-11(3)24)31-16-8-20(30-12(4)25)18(28-10(2)23)6-14(16)21(13)26/h5-8H,1-4H3. The molecule has 0 unspecified atom stereocenters. The van der Waals surface area contributed by atoms with Gasteiger partial charge in [0.05, 0.1) is 10.8 Å². The summed E-state index contributed by atoms with van der Waals surface area (Å²) >= 11 is 0. The highest BCUT2D eigenvalue weighted by Crippen LogP contribution is 2.36. The lowest BCUT2D eigenvalue weighted by Crippen LogP contribution is -2.10. The first-order valence-electron chi connectivity index (χ1n) is 8.87. The van der Waals surface area contributed by atoms with Crippen molar-refractivity contribution >= 4 is 45.8 Å². The van der Waals surface area contributed by atoms with E-state index in [1.807, 2.05) is 0 Å². The van der Waals surface area contributed by atoms with Crippen LogP contribution in [0.2, 0.25) is 0 Å². The largest absolute Gasteiger partial charge is 0.456 e. The Balaban J connectivity index is 2.33. The molecule has 3 rings (SSSR count). The van der Waals surface area contributed by atoms with Crippen molar-refractivity contribution in [2.75, 3.05) is 0 Å². The van der Waals surface area contributed by atoms with E-state index >= 15 is 0 Å². The fourth-order valence-electron chi connectivity index (χ4n) is 2.81. The van der Waals surface area contributed by atoms with Gasteiger partial charge in [-0.2, -0.15) is 0 Å². The number of carbonyl (C=O) groups is 4. The van der Waals surface area contributed by atoms with Gasteiger partial charge in [-0.1, -0.05) is 0 Å². The molecule has 0 aliphatic rings. The number of esters is 4. The van der Waals surface area contributed by atoms with E-state index in [2.05, 4.69) is 0 Å². The topological polar surface area (TPSA) is 135 Å². The van der Waals surface area contributed by atoms with E-state index in [0.717, 1.165) is 27.7 Å². The van der Waals surface area contributed by atoms with Gasteiger partial charge in [-0.05, 0) is 12.1 Å². The molecule has 0 bridgehead atoms. The molecule has 10 heteroatoms. The highest BCUT2D eigenvalue weighted by atomic mass is 16.6. The zero-order valence-electron chi connectivity index (χ0n) is 16.9. The van der Waals surface area contributed by atoms with Crippen LogP contribution in [-0.2, 0) is 19.2 Å². The van der Waals surface area contributed by atoms with Crippen LogP contribution in [0.4, 0.5) is 0 Å². The zero-order valence-corrected chi connectivity index (χ0v) is 16.9. The van der Waals surface area contributed by atoms with Crippen LogP contribution in [-0.4, -0.2) is 23.9 Å². The molecular weight excluding hydrogens is 412 g/mol. The van der Waals surface area contributed by atoms with Crippen molar-refractivity contribution in [2.45, 2.75) is 27.7 Å². The van der Waals surface area contributed by atoms with Crippen LogP contribution in [0.5, 0.6) is 23.0 Å². The van der Waals surface area contributed by atoms with Crippen molar-refractivity contribution in [3.05, 3.63) is 34.5 Å². The molecule has 31 heavy (non-hydrogen) atoms. The fraction of sp³-hybridized carbons (Fsp3) is 0.190. The predicted octanol–water partition coefficient (Wildman–Crippen LogP) is 2.65. The van der Waals surface area contributed by atoms with E-state index in [4.69, 9.17) is 23.4 Å². The van der Waals surface area contributed by atoms with Crippen molar-refractivity contribution < 1.29 is 42.5 Å². The maximum Gasteiger partial charge on any atom is 0.308 e. The van der Waals surface area contributed by atoms with Crippen LogP contribution in [0.25, 0.3) is 21.9 Å². The molecule has 10 nitrogen and oxygen atoms in total. The van der Waals surface area contributed by atoms with Gasteiger partial charge in [-0.3, -0.25) is 24.0 Å². The molecule has 0 N–H and O–H groups in total. The number of benzene rings is 2. The third-order valence-corrected chi connectivity index (χ3v) is 3.82. The van der Waals surface area contributed by atoms with Gasteiger partial charge in [0.2, 0.25) is 5.43 Å². The second-order valence-electron chi connectivity index (χ2n) is 6.40. The van der Waals surface area contributed by atoms with Crippen molar-refractivity contribution in [1.29, 1.82) is 0 Å². The van der Waals surface area contributed by atoms with E-state index in [1.54, 1.807) is 0 Å². The molecule has 1 aromatic heterocycles. The zero-order chi connectivity index (χ0) is 22.9. The summed E-state index contributed by atoms with van der Waals surface area (Å²) in [4.78, 5) is 58.7. The maximum atomic E-state index is 13.1. The number of carbonyl (C=O) groups excluding carboxylic acids is 4. The second kappa shape index (κ2) is 8.27. The van der Waals surface area contributed by atoms with Crippen LogP contribution in [0.15, 0.2) is 33.5 Å². The minimum absolute atomic E-state index is 0.00802. The lowest BCUT2D eigenvalue weighted by Gasteiger charge is -2.12. The van der Waals surface area contributed by atoms with Gasteiger partial charge in [-0.15, -0.1) is 0 Å². The van der Waals surface area contributed by atoms with Crippen molar-refractivity contribution in [1.82, 2.24) is 0 Å². The number of hydrogen-bond acceptors (Lipinski definition) is 10. The fourth-order valence-corrected chi connectivity index (χ4v) is 2.81. The van der Waals surface area contributed by atoms with Crippen LogP contribution in [0.1, 0.15) is 27.7 Å². The molecule has 1 heterocycles. The summed E-state index contributed by atoms with van der Waals surface area (Å²) in [5.74, 6) is -3.32. The third kappa shape index (κ3) is 4.69. The molecule has 0 aliphatic heterocycles. The quantitative estimate of drug-likeness (QED) is 0.346. The van der Waals surface area contributed by atoms with E-state index < -0.39 is 29.3 Å². The lowest BCUT2D eigenvalue weighted by molar-refractivity contribution is -0.134. The Hall–Kier alpha value is -4.21. The smallest absolute Gasteiger partial charge is 0.308 e. The van der Waals surface area contributed by atoms with Crippen molar-refractivity contribution in [3.63, 3.8) is 0 Å². The van der Waals surface area contributed by atoms with Crippen LogP contribution >= 0.6 is 0 Å². The summed E-state index contributed by atoms with van der Waals surface area (Å²) in [6.07, 6.45) is 0. The Bertz CT molecular complexity index is 1220. The lowest BCUT2D eigenvalue weighted by atomic mass is 10.1. The minimum atomic E-state index is -0.693. The van der Waals surface area contributed by atoms with E-state index in [0.29, 0.717) is 0 Å². The monoisotopic (exact) mass is 428 g/mol. The summed E-state index contributed by atoms with van der Waals surface area (Å²) in [7, 11) is 0. The minimum Gasteiger partial charge on any atom is -0.456 e. The molecule has 3 aromatic rings. The maximum absolute atomic E-state index is 13.1. The number of rotatable bonds is 4. The van der Waals surface area contributed by atoms with Crippen LogP contribution in [0, 0.1) is 0 Å².